The van der Waals surface area contributed by atoms with Crippen molar-refractivity contribution >= 4 is 0 Å². The van der Waals surface area contributed by atoms with Crippen LogP contribution >= 0.6 is 0 Å². The number of halogens is 1. The minimum atomic E-state index is 0.00211. The molecule has 0 amide bonds. The van der Waals surface area contributed by atoms with E-state index in [4.69, 9.17) is 4.84 Å². The average Bonchev–Trinajstić information content (AvgIpc) is 3.05. The molecule has 1 N–H and O–H groups in total. The summed E-state index contributed by atoms with van der Waals surface area (Å²) in [5, 5.41) is 0. The van der Waals surface area contributed by atoms with Gasteiger partial charge in [0.25, 0.3) is 0 Å². The van der Waals surface area contributed by atoms with Crippen LogP contribution in [0.3, 0.4) is 0 Å². The van der Waals surface area contributed by atoms with Crippen molar-refractivity contribution in [2.24, 2.45) is 46.3 Å². The third kappa shape index (κ3) is 3.91. The number of hydrogen-bond donors (Lipinski definition) is 1. The SMILES string of the molecule is CC(C)CCCC(C)C1CCC2C3CC=C4CC(ONF)CCC4(C)C3CCC12C. The van der Waals surface area contributed by atoms with Crippen LogP contribution in [0.4, 0.5) is 4.48 Å². The zero-order valence-electron chi connectivity index (χ0n) is 20.2. The molecule has 30 heavy (non-hydrogen) atoms. The van der Waals surface area contributed by atoms with Crippen molar-refractivity contribution in [2.75, 3.05) is 0 Å². The van der Waals surface area contributed by atoms with Crippen LogP contribution in [0, 0.1) is 46.3 Å². The molecule has 4 aliphatic carbocycles. The molecule has 3 saturated carbocycles. The van der Waals surface area contributed by atoms with Gasteiger partial charge in [-0.15, -0.1) is 4.48 Å². The molecule has 0 aromatic rings. The molecular weight excluding hydrogens is 373 g/mol. The van der Waals surface area contributed by atoms with Crippen LogP contribution in [0.1, 0.15) is 105 Å². The first-order chi connectivity index (χ1) is 14.3. The molecule has 8 atom stereocenters. The van der Waals surface area contributed by atoms with Crippen molar-refractivity contribution in [3.63, 3.8) is 0 Å². The van der Waals surface area contributed by atoms with E-state index in [1.165, 1.54) is 57.1 Å². The van der Waals surface area contributed by atoms with Gasteiger partial charge in [-0.1, -0.05) is 65.5 Å². The van der Waals surface area contributed by atoms with Crippen molar-refractivity contribution in [1.82, 2.24) is 5.70 Å². The lowest BCUT2D eigenvalue weighted by Crippen LogP contribution is -2.51. The Balaban J connectivity index is 1.47. The molecule has 3 heteroatoms. The van der Waals surface area contributed by atoms with E-state index in [1.807, 2.05) is 0 Å². The Bertz CT molecular complexity index is 632. The molecule has 0 aromatic carbocycles. The van der Waals surface area contributed by atoms with Crippen molar-refractivity contribution < 1.29 is 9.32 Å². The van der Waals surface area contributed by atoms with Gasteiger partial charge in [0.1, 0.15) is 0 Å². The Labute approximate surface area is 184 Å². The van der Waals surface area contributed by atoms with Gasteiger partial charge in [-0.25, -0.2) is 0 Å². The van der Waals surface area contributed by atoms with Crippen molar-refractivity contribution in [2.45, 2.75) is 111 Å². The molecule has 0 heterocycles. The lowest BCUT2D eigenvalue weighted by molar-refractivity contribution is -0.129. The summed E-state index contributed by atoms with van der Waals surface area (Å²) in [5.74, 6) is 5.23. The Hall–Kier alpha value is -0.410. The van der Waals surface area contributed by atoms with E-state index >= 15 is 0 Å². The lowest BCUT2D eigenvalue weighted by Gasteiger charge is -2.58. The summed E-state index contributed by atoms with van der Waals surface area (Å²) in [7, 11) is 0. The fourth-order valence-electron chi connectivity index (χ4n) is 8.82. The zero-order valence-corrected chi connectivity index (χ0v) is 20.2. The highest BCUT2D eigenvalue weighted by atomic mass is 19.2. The minimum Gasteiger partial charge on any atom is -0.269 e. The number of hydrogen-bond acceptors (Lipinski definition) is 2. The molecule has 172 valence electrons. The van der Waals surface area contributed by atoms with E-state index in [0.29, 0.717) is 10.8 Å². The molecular formula is C27H46FNO. The second-order valence-corrected chi connectivity index (χ2v) is 12.3. The van der Waals surface area contributed by atoms with Crippen LogP contribution in [-0.4, -0.2) is 6.10 Å². The molecule has 4 rings (SSSR count). The van der Waals surface area contributed by atoms with Crippen LogP contribution in [0.2, 0.25) is 0 Å². The molecule has 8 unspecified atom stereocenters. The second kappa shape index (κ2) is 8.85. The molecule has 0 aliphatic heterocycles. The Kier molecular flexibility index (Phi) is 6.72. The first-order valence-corrected chi connectivity index (χ1v) is 13.0. The smallest absolute Gasteiger partial charge is 0.0857 e. The summed E-state index contributed by atoms with van der Waals surface area (Å²) in [6.07, 6.45) is 16.8. The third-order valence-corrected chi connectivity index (χ3v) is 10.5. The van der Waals surface area contributed by atoms with Gasteiger partial charge in [0.05, 0.1) is 6.10 Å². The van der Waals surface area contributed by atoms with Crippen LogP contribution < -0.4 is 5.70 Å². The number of allylic oxidation sites excluding steroid dienone is 1. The van der Waals surface area contributed by atoms with Crippen LogP contribution in [-0.2, 0) is 4.84 Å². The van der Waals surface area contributed by atoms with E-state index in [0.717, 1.165) is 54.8 Å². The fourth-order valence-corrected chi connectivity index (χ4v) is 8.82. The molecule has 2 nitrogen and oxygen atoms in total. The maximum absolute atomic E-state index is 12.5. The normalized spacial score (nSPS) is 44.2. The Morgan fingerprint density at radius 1 is 1.07 bits per heavy atom. The molecule has 0 bridgehead atoms. The number of nitrogens with one attached hydrogen (secondary N) is 1. The zero-order chi connectivity index (χ0) is 21.5. The average molecular weight is 420 g/mol. The second-order valence-electron chi connectivity index (χ2n) is 12.3. The predicted molar refractivity (Wildman–Crippen MR) is 122 cm³/mol. The van der Waals surface area contributed by atoms with Crippen LogP contribution in [0.25, 0.3) is 0 Å². The summed E-state index contributed by atoms with van der Waals surface area (Å²) in [6.45, 7) is 12.5. The monoisotopic (exact) mass is 419 g/mol. The van der Waals surface area contributed by atoms with Crippen molar-refractivity contribution in [1.29, 1.82) is 0 Å². The highest BCUT2D eigenvalue weighted by molar-refractivity contribution is 5.25. The largest absolute Gasteiger partial charge is 0.269 e. The Morgan fingerprint density at radius 2 is 1.87 bits per heavy atom. The minimum absolute atomic E-state index is 0.00211. The Morgan fingerprint density at radius 3 is 2.60 bits per heavy atom. The summed E-state index contributed by atoms with van der Waals surface area (Å²) in [6, 6.07) is 0. The predicted octanol–water partition coefficient (Wildman–Crippen LogP) is 7.80. The molecule has 0 aromatic heterocycles. The maximum Gasteiger partial charge on any atom is 0.0857 e. The molecule has 0 spiro atoms. The van der Waals surface area contributed by atoms with Gasteiger partial charge in [0.2, 0.25) is 0 Å². The van der Waals surface area contributed by atoms with Crippen LogP contribution in [0.5, 0.6) is 0 Å². The van der Waals surface area contributed by atoms with Gasteiger partial charge in [-0.05, 0) is 103 Å². The highest BCUT2D eigenvalue weighted by Crippen LogP contribution is 2.67. The lowest BCUT2D eigenvalue weighted by atomic mass is 9.47. The maximum atomic E-state index is 12.5. The quantitative estimate of drug-likeness (QED) is 0.258. The molecule has 0 saturated heterocycles. The van der Waals surface area contributed by atoms with Crippen molar-refractivity contribution in [3.05, 3.63) is 11.6 Å². The van der Waals surface area contributed by atoms with E-state index in [-0.39, 0.29) is 6.10 Å². The number of rotatable bonds is 7. The summed E-state index contributed by atoms with van der Waals surface area (Å²) in [5.41, 5.74) is 3.89. The molecule has 3 fully saturated rings. The fraction of sp³-hybridized carbons (Fsp3) is 0.926. The molecule has 0 radical (unpaired) electrons. The standard InChI is InChI=1S/C27H46FNO/c1-18(2)7-6-8-19(3)23-11-12-24-22-10-9-20-17-21(30-29-28)13-15-26(20,4)25(22)14-16-27(23,24)5/h9,18-19,21-25,29H,6-8,10-17H2,1-5H3. The van der Waals surface area contributed by atoms with Gasteiger partial charge >= 0.3 is 0 Å². The summed E-state index contributed by atoms with van der Waals surface area (Å²) in [4.78, 5) is 5.13. The van der Waals surface area contributed by atoms with E-state index < -0.39 is 0 Å². The summed E-state index contributed by atoms with van der Waals surface area (Å²) < 4.78 is 12.5. The topological polar surface area (TPSA) is 21.3 Å². The number of fused-ring (bicyclic) bond motifs is 5. The van der Waals surface area contributed by atoms with Crippen LogP contribution in [0.15, 0.2) is 11.6 Å². The van der Waals surface area contributed by atoms with E-state index in [2.05, 4.69) is 40.7 Å². The summed E-state index contributed by atoms with van der Waals surface area (Å²) >= 11 is 0. The molecule has 4 aliphatic rings. The third-order valence-electron chi connectivity index (χ3n) is 10.5. The van der Waals surface area contributed by atoms with E-state index in [1.54, 1.807) is 5.57 Å². The first-order valence-electron chi connectivity index (χ1n) is 13.0. The highest BCUT2D eigenvalue weighted by Gasteiger charge is 2.59. The van der Waals surface area contributed by atoms with Crippen molar-refractivity contribution in [3.8, 4) is 0 Å². The van der Waals surface area contributed by atoms with Gasteiger partial charge in [0, 0.05) is 0 Å². The van der Waals surface area contributed by atoms with Gasteiger partial charge < -0.3 is 0 Å². The van der Waals surface area contributed by atoms with E-state index in [9.17, 15) is 4.48 Å². The first kappa shape index (κ1) is 22.8. The van der Waals surface area contributed by atoms with Gasteiger partial charge in [-0.3, -0.25) is 4.84 Å². The van der Waals surface area contributed by atoms with Gasteiger partial charge in [0.15, 0.2) is 0 Å². The van der Waals surface area contributed by atoms with Gasteiger partial charge in [-0.2, -0.15) is 0 Å².